The van der Waals surface area contributed by atoms with Gasteiger partial charge >= 0.3 is 0 Å². The normalized spacial score (nSPS) is 14.5. The minimum Gasteiger partial charge on any atom is -0.364 e. The average molecular weight is 257 g/mol. The van der Waals surface area contributed by atoms with Gasteiger partial charge in [-0.15, -0.1) is 12.4 Å². The Labute approximate surface area is 109 Å². The quantitative estimate of drug-likeness (QED) is 0.771. The first-order valence-electron chi connectivity index (χ1n) is 6.02. The third-order valence-corrected chi connectivity index (χ3v) is 3.34. The Morgan fingerprint density at radius 3 is 2.59 bits per heavy atom. The number of anilines is 1. The Morgan fingerprint density at radius 1 is 1.24 bits per heavy atom. The number of fused-ring (bicyclic) bond motifs is 1. The van der Waals surface area contributed by atoms with Crippen molar-refractivity contribution >= 4 is 18.2 Å². The van der Waals surface area contributed by atoms with Crippen molar-refractivity contribution in [1.82, 2.24) is 4.57 Å². The number of aromatic nitrogens is 1. The molecule has 2 heterocycles. The molecule has 0 bridgehead atoms. The number of hydrogen-bond acceptors (Lipinski definition) is 2. The van der Waals surface area contributed by atoms with Gasteiger partial charge in [0.25, 0.3) is 0 Å². The first-order chi connectivity index (χ1) is 7.61. The molecule has 3 nitrogen and oxygen atoms in total. The Hall–Kier alpha value is -0.960. The van der Waals surface area contributed by atoms with E-state index in [9.17, 15) is 4.79 Å². The van der Waals surface area contributed by atoms with Crippen molar-refractivity contribution in [1.29, 1.82) is 0 Å². The third-order valence-electron chi connectivity index (χ3n) is 3.34. The maximum Gasteiger partial charge on any atom is 0.186 e. The van der Waals surface area contributed by atoms with Crippen LogP contribution in [0, 0.1) is 6.92 Å². The molecule has 1 aliphatic heterocycles. The number of halogens is 1. The molecule has 0 N–H and O–H groups in total. The molecule has 1 aliphatic rings. The number of nitrogens with zero attached hydrogens (tertiary/aromatic N) is 2. The van der Waals surface area contributed by atoms with Crippen LogP contribution < -0.4 is 10.3 Å². The van der Waals surface area contributed by atoms with Crippen LogP contribution in [-0.4, -0.2) is 18.7 Å². The monoisotopic (exact) mass is 256 g/mol. The van der Waals surface area contributed by atoms with Crippen LogP contribution in [0.3, 0.4) is 0 Å². The van der Waals surface area contributed by atoms with Crippen LogP contribution in [0.5, 0.6) is 0 Å². The second-order valence-electron chi connectivity index (χ2n) is 4.81. The molecule has 0 amide bonds. The molecule has 0 atom stereocenters. The summed E-state index contributed by atoms with van der Waals surface area (Å²) in [4.78, 5) is 13.9. The van der Waals surface area contributed by atoms with Gasteiger partial charge in [-0.25, -0.2) is 0 Å². The van der Waals surface area contributed by atoms with E-state index in [1.165, 1.54) is 25.0 Å². The first-order valence-corrected chi connectivity index (χ1v) is 6.02. The Kier molecular flexibility index (Phi) is 4.63. The van der Waals surface area contributed by atoms with E-state index in [1.807, 2.05) is 27.1 Å². The summed E-state index contributed by atoms with van der Waals surface area (Å²) in [6.45, 7) is 2.97. The van der Waals surface area contributed by atoms with Crippen molar-refractivity contribution in [2.75, 3.05) is 19.0 Å². The smallest absolute Gasteiger partial charge is 0.186 e. The molecular weight excluding hydrogens is 236 g/mol. The van der Waals surface area contributed by atoms with Crippen LogP contribution in [0.1, 0.15) is 30.5 Å². The molecule has 96 valence electrons. The predicted octanol–water partition coefficient (Wildman–Crippen LogP) is 2.37. The van der Waals surface area contributed by atoms with Gasteiger partial charge in [0.2, 0.25) is 0 Å². The minimum atomic E-state index is 0. The van der Waals surface area contributed by atoms with Crippen molar-refractivity contribution in [2.45, 2.75) is 39.2 Å². The molecule has 0 spiro atoms. The van der Waals surface area contributed by atoms with Gasteiger partial charge in [-0.3, -0.25) is 4.79 Å². The van der Waals surface area contributed by atoms with Gasteiger partial charge in [-0.1, -0.05) is 6.42 Å². The predicted molar refractivity (Wildman–Crippen MR) is 74.6 cm³/mol. The molecule has 0 aliphatic carbocycles. The SMILES string of the molecule is Cc1c(N(C)C)n2c(cc1=O)CCCCC2.Cl. The van der Waals surface area contributed by atoms with Crippen molar-refractivity contribution in [3.63, 3.8) is 0 Å². The van der Waals surface area contributed by atoms with E-state index < -0.39 is 0 Å². The van der Waals surface area contributed by atoms with Gasteiger partial charge < -0.3 is 9.47 Å². The largest absolute Gasteiger partial charge is 0.364 e. The average Bonchev–Trinajstić information content (AvgIpc) is 2.44. The van der Waals surface area contributed by atoms with Crippen LogP contribution in [0.2, 0.25) is 0 Å². The van der Waals surface area contributed by atoms with Crippen molar-refractivity contribution in [3.8, 4) is 0 Å². The van der Waals surface area contributed by atoms with E-state index in [0.717, 1.165) is 24.3 Å². The van der Waals surface area contributed by atoms with Crippen LogP contribution >= 0.6 is 12.4 Å². The van der Waals surface area contributed by atoms with Crippen LogP contribution in [-0.2, 0) is 13.0 Å². The standard InChI is InChI=1S/C13H20N2O.ClH/c1-10-12(16)9-11-7-5-4-6-8-15(11)13(10)14(2)3;/h9H,4-8H2,1-3H3;1H. The topological polar surface area (TPSA) is 25.2 Å². The van der Waals surface area contributed by atoms with E-state index in [-0.39, 0.29) is 17.8 Å². The third kappa shape index (κ3) is 2.65. The molecule has 0 aromatic carbocycles. The maximum absolute atomic E-state index is 11.9. The minimum absolute atomic E-state index is 0. The van der Waals surface area contributed by atoms with Gasteiger partial charge in [-0.2, -0.15) is 0 Å². The Morgan fingerprint density at radius 2 is 1.94 bits per heavy atom. The molecule has 0 unspecified atom stereocenters. The van der Waals surface area contributed by atoms with Gasteiger partial charge in [0.05, 0.1) is 0 Å². The highest BCUT2D eigenvalue weighted by atomic mass is 35.5. The summed E-state index contributed by atoms with van der Waals surface area (Å²) in [7, 11) is 4.03. The summed E-state index contributed by atoms with van der Waals surface area (Å²) in [6.07, 6.45) is 4.73. The molecule has 0 radical (unpaired) electrons. The van der Waals surface area contributed by atoms with E-state index in [0.29, 0.717) is 0 Å². The van der Waals surface area contributed by atoms with Gasteiger partial charge in [0.1, 0.15) is 5.82 Å². The van der Waals surface area contributed by atoms with Crippen molar-refractivity contribution < 1.29 is 0 Å². The van der Waals surface area contributed by atoms with E-state index in [4.69, 9.17) is 0 Å². The highest BCUT2D eigenvalue weighted by Crippen LogP contribution is 2.22. The number of aryl methyl sites for hydroxylation is 1. The van der Waals surface area contributed by atoms with E-state index in [2.05, 4.69) is 9.47 Å². The summed E-state index contributed by atoms with van der Waals surface area (Å²) in [6, 6.07) is 1.83. The lowest BCUT2D eigenvalue weighted by molar-refractivity contribution is 0.627. The zero-order valence-electron chi connectivity index (χ0n) is 10.8. The second-order valence-corrected chi connectivity index (χ2v) is 4.81. The zero-order valence-corrected chi connectivity index (χ0v) is 11.6. The highest BCUT2D eigenvalue weighted by molar-refractivity contribution is 5.85. The van der Waals surface area contributed by atoms with Crippen LogP contribution in [0.25, 0.3) is 0 Å². The molecule has 0 fully saturated rings. The van der Waals surface area contributed by atoms with Crippen molar-refractivity contribution in [2.24, 2.45) is 0 Å². The molecule has 17 heavy (non-hydrogen) atoms. The first kappa shape index (κ1) is 14.1. The lowest BCUT2D eigenvalue weighted by atomic mass is 10.1. The fourth-order valence-electron chi connectivity index (χ4n) is 2.57. The van der Waals surface area contributed by atoms with Crippen LogP contribution in [0.15, 0.2) is 10.9 Å². The maximum atomic E-state index is 11.9. The molecular formula is C13H21ClN2O. The molecule has 0 saturated heterocycles. The number of hydrogen-bond donors (Lipinski definition) is 0. The van der Waals surface area contributed by atoms with Gasteiger partial charge in [0.15, 0.2) is 5.43 Å². The molecule has 4 heteroatoms. The Balaban J connectivity index is 0.00000144. The van der Waals surface area contributed by atoms with E-state index in [1.54, 1.807) is 0 Å². The second kappa shape index (κ2) is 5.58. The lowest BCUT2D eigenvalue weighted by Gasteiger charge is -2.24. The molecule has 1 aromatic heterocycles. The lowest BCUT2D eigenvalue weighted by Crippen LogP contribution is -2.24. The van der Waals surface area contributed by atoms with Gasteiger partial charge in [-0.05, 0) is 26.2 Å². The van der Waals surface area contributed by atoms with Crippen molar-refractivity contribution in [3.05, 3.63) is 27.5 Å². The summed E-state index contributed by atoms with van der Waals surface area (Å²) in [5, 5.41) is 0. The molecule has 2 rings (SSSR count). The number of pyridine rings is 1. The zero-order chi connectivity index (χ0) is 11.7. The fourth-order valence-corrected chi connectivity index (χ4v) is 2.57. The summed E-state index contributed by atoms with van der Waals surface area (Å²) in [5.74, 6) is 1.09. The van der Waals surface area contributed by atoms with Gasteiger partial charge in [0, 0.05) is 38.0 Å². The van der Waals surface area contributed by atoms with E-state index >= 15 is 0 Å². The number of rotatable bonds is 1. The molecule has 0 saturated carbocycles. The summed E-state index contributed by atoms with van der Waals surface area (Å²) < 4.78 is 2.32. The molecule has 1 aromatic rings. The van der Waals surface area contributed by atoms with Crippen LogP contribution in [0.4, 0.5) is 5.82 Å². The Bertz CT molecular complexity index is 451. The highest BCUT2D eigenvalue weighted by Gasteiger charge is 2.15. The summed E-state index contributed by atoms with van der Waals surface area (Å²) in [5.41, 5.74) is 2.25. The fraction of sp³-hybridized carbons (Fsp3) is 0.615. The summed E-state index contributed by atoms with van der Waals surface area (Å²) >= 11 is 0.